The molecule has 0 aromatic heterocycles. The van der Waals surface area contributed by atoms with E-state index in [2.05, 4.69) is 5.32 Å². The molecule has 1 N–H and O–H groups in total. The standard InChI is InChI=1S/C16H17Cl2NO2/c1-19-9-10-4-5-11(13(17)8-10)12-6-7-14(20-2)15(18)16(12)21-3/h4-8,19H,9H2,1-3H3. The number of halogens is 2. The lowest BCUT2D eigenvalue weighted by Crippen LogP contribution is -2.04. The molecule has 0 aliphatic carbocycles. The zero-order chi connectivity index (χ0) is 15.4. The first-order valence-corrected chi connectivity index (χ1v) is 7.21. The number of rotatable bonds is 5. The molecule has 0 radical (unpaired) electrons. The van der Waals surface area contributed by atoms with E-state index < -0.39 is 0 Å². The summed E-state index contributed by atoms with van der Waals surface area (Å²) >= 11 is 12.7. The van der Waals surface area contributed by atoms with Gasteiger partial charge >= 0.3 is 0 Å². The third kappa shape index (κ3) is 3.26. The van der Waals surface area contributed by atoms with Gasteiger partial charge in [-0.15, -0.1) is 0 Å². The van der Waals surface area contributed by atoms with Crippen molar-refractivity contribution >= 4 is 23.2 Å². The Kier molecular flexibility index (Phi) is 5.34. The van der Waals surface area contributed by atoms with Crippen molar-refractivity contribution in [1.82, 2.24) is 5.32 Å². The molecule has 0 fully saturated rings. The number of methoxy groups -OCH3 is 2. The first kappa shape index (κ1) is 16.0. The van der Waals surface area contributed by atoms with Crippen LogP contribution in [0.15, 0.2) is 30.3 Å². The van der Waals surface area contributed by atoms with E-state index in [4.69, 9.17) is 32.7 Å². The van der Waals surface area contributed by atoms with Crippen LogP contribution in [-0.2, 0) is 6.54 Å². The normalized spacial score (nSPS) is 10.5. The Morgan fingerprint density at radius 3 is 2.29 bits per heavy atom. The fourth-order valence-corrected chi connectivity index (χ4v) is 2.82. The molecule has 0 heterocycles. The van der Waals surface area contributed by atoms with Gasteiger partial charge in [0.15, 0.2) is 0 Å². The van der Waals surface area contributed by atoms with Crippen molar-refractivity contribution in [3.63, 3.8) is 0 Å². The highest BCUT2D eigenvalue weighted by molar-refractivity contribution is 6.35. The highest BCUT2D eigenvalue weighted by atomic mass is 35.5. The van der Waals surface area contributed by atoms with Crippen molar-refractivity contribution in [2.45, 2.75) is 6.54 Å². The molecule has 0 saturated carbocycles. The number of hydrogen-bond acceptors (Lipinski definition) is 3. The summed E-state index contributed by atoms with van der Waals surface area (Å²) in [5, 5.41) is 4.19. The van der Waals surface area contributed by atoms with Crippen LogP contribution in [-0.4, -0.2) is 21.3 Å². The quantitative estimate of drug-likeness (QED) is 0.883. The van der Waals surface area contributed by atoms with E-state index in [0.717, 1.165) is 23.2 Å². The minimum Gasteiger partial charge on any atom is -0.495 e. The molecule has 5 heteroatoms. The van der Waals surface area contributed by atoms with E-state index in [1.54, 1.807) is 20.3 Å². The van der Waals surface area contributed by atoms with Crippen LogP contribution in [0.5, 0.6) is 11.5 Å². The van der Waals surface area contributed by atoms with Crippen molar-refractivity contribution < 1.29 is 9.47 Å². The van der Waals surface area contributed by atoms with Gasteiger partial charge in [-0.05, 0) is 30.8 Å². The van der Waals surface area contributed by atoms with Crippen molar-refractivity contribution in [2.75, 3.05) is 21.3 Å². The minimum absolute atomic E-state index is 0.438. The molecule has 0 spiro atoms. The molecule has 3 nitrogen and oxygen atoms in total. The molecule has 0 bridgehead atoms. The van der Waals surface area contributed by atoms with Crippen LogP contribution >= 0.6 is 23.2 Å². The summed E-state index contributed by atoms with van der Waals surface area (Å²) in [5.74, 6) is 1.12. The van der Waals surface area contributed by atoms with Crippen molar-refractivity contribution in [2.24, 2.45) is 0 Å². The van der Waals surface area contributed by atoms with Crippen molar-refractivity contribution in [1.29, 1.82) is 0 Å². The smallest absolute Gasteiger partial charge is 0.149 e. The summed E-state index contributed by atoms with van der Waals surface area (Å²) < 4.78 is 10.6. The van der Waals surface area contributed by atoms with E-state index in [1.807, 2.05) is 31.3 Å². The lowest BCUT2D eigenvalue weighted by atomic mass is 10.0. The van der Waals surface area contributed by atoms with Gasteiger partial charge in [-0.2, -0.15) is 0 Å². The van der Waals surface area contributed by atoms with Crippen LogP contribution in [0.1, 0.15) is 5.56 Å². The summed E-state index contributed by atoms with van der Waals surface area (Å²) in [6, 6.07) is 9.62. The van der Waals surface area contributed by atoms with Crippen LogP contribution in [0.25, 0.3) is 11.1 Å². The van der Waals surface area contributed by atoms with E-state index in [1.165, 1.54) is 0 Å². The fraction of sp³-hybridized carbons (Fsp3) is 0.250. The zero-order valence-corrected chi connectivity index (χ0v) is 13.7. The maximum atomic E-state index is 6.40. The van der Waals surface area contributed by atoms with E-state index in [9.17, 15) is 0 Å². The lowest BCUT2D eigenvalue weighted by molar-refractivity contribution is 0.396. The molecule has 0 atom stereocenters. The monoisotopic (exact) mass is 325 g/mol. The van der Waals surface area contributed by atoms with Crippen LogP contribution < -0.4 is 14.8 Å². The highest BCUT2D eigenvalue weighted by Gasteiger charge is 2.16. The summed E-state index contributed by atoms with van der Waals surface area (Å²) in [6.07, 6.45) is 0. The SMILES string of the molecule is CNCc1ccc(-c2ccc(OC)c(Cl)c2OC)c(Cl)c1. The molecule has 0 unspecified atom stereocenters. The summed E-state index contributed by atoms with van der Waals surface area (Å²) in [6.45, 7) is 0.764. The third-order valence-electron chi connectivity index (χ3n) is 3.19. The number of hydrogen-bond donors (Lipinski definition) is 1. The van der Waals surface area contributed by atoms with Gasteiger partial charge in [-0.3, -0.25) is 0 Å². The van der Waals surface area contributed by atoms with Gasteiger partial charge in [0.2, 0.25) is 0 Å². The summed E-state index contributed by atoms with van der Waals surface area (Å²) in [5.41, 5.74) is 2.83. The van der Waals surface area contributed by atoms with Gasteiger partial charge in [0.05, 0.1) is 14.2 Å². The van der Waals surface area contributed by atoms with Crippen LogP contribution in [0, 0.1) is 0 Å². The molecule has 112 valence electrons. The van der Waals surface area contributed by atoms with Crippen molar-refractivity contribution in [3.05, 3.63) is 45.9 Å². The predicted octanol–water partition coefficient (Wildman–Crippen LogP) is 4.40. The minimum atomic E-state index is 0.438. The third-order valence-corrected chi connectivity index (χ3v) is 3.86. The Morgan fingerprint density at radius 1 is 1.00 bits per heavy atom. The molecule has 2 rings (SSSR count). The van der Waals surface area contributed by atoms with E-state index in [0.29, 0.717) is 21.5 Å². The second-order valence-corrected chi connectivity index (χ2v) is 5.29. The predicted molar refractivity (Wildman–Crippen MR) is 87.8 cm³/mol. The molecule has 0 amide bonds. The molecule has 2 aromatic rings. The van der Waals surface area contributed by atoms with E-state index in [-0.39, 0.29) is 0 Å². The fourth-order valence-electron chi connectivity index (χ4n) is 2.20. The summed E-state index contributed by atoms with van der Waals surface area (Å²) in [7, 11) is 5.04. The van der Waals surface area contributed by atoms with Gasteiger partial charge in [0, 0.05) is 22.7 Å². The maximum absolute atomic E-state index is 6.40. The van der Waals surface area contributed by atoms with Crippen LogP contribution in [0.3, 0.4) is 0 Å². The van der Waals surface area contributed by atoms with Gasteiger partial charge in [-0.25, -0.2) is 0 Å². The van der Waals surface area contributed by atoms with Crippen molar-refractivity contribution in [3.8, 4) is 22.6 Å². The van der Waals surface area contributed by atoms with E-state index >= 15 is 0 Å². The molecular weight excluding hydrogens is 309 g/mol. The molecule has 21 heavy (non-hydrogen) atoms. The van der Waals surface area contributed by atoms with Gasteiger partial charge < -0.3 is 14.8 Å². The van der Waals surface area contributed by atoms with Crippen LogP contribution in [0.2, 0.25) is 10.0 Å². The average molecular weight is 326 g/mol. The number of ether oxygens (including phenoxy) is 2. The first-order valence-electron chi connectivity index (χ1n) is 6.46. The first-order chi connectivity index (χ1) is 10.1. The molecule has 2 aromatic carbocycles. The largest absolute Gasteiger partial charge is 0.495 e. The molecule has 0 aliphatic rings. The molecule has 0 saturated heterocycles. The lowest BCUT2D eigenvalue weighted by Gasteiger charge is -2.15. The highest BCUT2D eigenvalue weighted by Crippen LogP contribution is 2.43. The second kappa shape index (κ2) is 7.03. The second-order valence-electron chi connectivity index (χ2n) is 4.51. The van der Waals surface area contributed by atoms with Gasteiger partial charge in [-0.1, -0.05) is 35.3 Å². The van der Waals surface area contributed by atoms with Crippen LogP contribution in [0.4, 0.5) is 0 Å². The Bertz CT molecular complexity index is 644. The Balaban J connectivity index is 2.54. The summed E-state index contributed by atoms with van der Waals surface area (Å²) in [4.78, 5) is 0. The topological polar surface area (TPSA) is 30.5 Å². The molecule has 0 aliphatic heterocycles. The number of benzene rings is 2. The molecular formula is C16H17Cl2NO2. The zero-order valence-electron chi connectivity index (χ0n) is 12.2. The number of nitrogens with one attached hydrogen (secondary N) is 1. The Morgan fingerprint density at radius 2 is 1.71 bits per heavy atom. The Labute approximate surface area is 134 Å². The van der Waals surface area contributed by atoms with Gasteiger partial charge in [0.25, 0.3) is 0 Å². The maximum Gasteiger partial charge on any atom is 0.149 e. The average Bonchev–Trinajstić information content (AvgIpc) is 2.47. The van der Waals surface area contributed by atoms with Gasteiger partial charge in [0.1, 0.15) is 16.5 Å². The Hall–Kier alpha value is -1.42.